The summed E-state index contributed by atoms with van der Waals surface area (Å²) in [5.74, 6) is 2.33. The normalized spacial score (nSPS) is 18.4. The molecule has 210 valence electrons. The number of nitrogens with zero attached hydrogens (tertiary/aromatic N) is 6. The first-order chi connectivity index (χ1) is 19.4. The molecule has 8 nitrogen and oxygen atoms in total. The van der Waals surface area contributed by atoms with E-state index in [0.29, 0.717) is 18.8 Å². The van der Waals surface area contributed by atoms with Crippen LogP contribution in [-0.4, -0.2) is 67.3 Å². The predicted molar refractivity (Wildman–Crippen MR) is 160 cm³/mol. The number of aryl methyl sites for hydroxylation is 2. The number of carbonyl (C=O) groups excluding carboxylic acids is 1. The molecule has 3 aliphatic rings. The fraction of sp³-hybridized carbons (Fsp3) is 0.469. The highest BCUT2D eigenvalue weighted by Gasteiger charge is 2.39. The smallest absolute Gasteiger partial charge is 0.330 e. The maximum absolute atomic E-state index is 14.1. The predicted octanol–water partition coefficient (Wildman–Crippen LogP) is 5.33. The fourth-order valence-electron chi connectivity index (χ4n) is 6.51. The number of carbonyl (C=O) groups is 1. The number of para-hydroxylation sites is 1. The number of hydrogen-bond acceptors (Lipinski definition) is 6. The molecule has 40 heavy (non-hydrogen) atoms. The van der Waals surface area contributed by atoms with Crippen molar-refractivity contribution < 1.29 is 9.53 Å². The molecule has 6 rings (SSSR count). The van der Waals surface area contributed by atoms with Crippen molar-refractivity contribution in [2.45, 2.75) is 58.5 Å². The Hall–Kier alpha value is -3.65. The van der Waals surface area contributed by atoms with Gasteiger partial charge in [-0.2, -0.15) is 0 Å². The lowest BCUT2D eigenvalue weighted by atomic mass is 10.0. The van der Waals surface area contributed by atoms with E-state index in [2.05, 4.69) is 61.0 Å². The summed E-state index contributed by atoms with van der Waals surface area (Å²) in [6.45, 7) is 8.77. The number of urea groups is 1. The average Bonchev–Trinajstić information content (AvgIpc) is 3.48. The summed E-state index contributed by atoms with van der Waals surface area (Å²) in [6, 6.07) is 12.8. The molecular weight excluding hydrogens is 500 g/mol. The number of aromatic nitrogens is 2. The van der Waals surface area contributed by atoms with Gasteiger partial charge >= 0.3 is 6.03 Å². The number of rotatable bonds is 6. The second-order valence-electron chi connectivity index (χ2n) is 11.5. The Kier molecular flexibility index (Phi) is 7.36. The van der Waals surface area contributed by atoms with Crippen molar-refractivity contribution in [3.05, 3.63) is 70.7 Å². The van der Waals surface area contributed by atoms with Crippen LogP contribution in [0.15, 0.2) is 42.6 Å². The molecule has 1 saturated heterocycles. The molecule has 0 N–H and O–H groups in total. The maximum Gasteiger partial charge on any atom is 0.330 e. The van der Waals surface area contributed by atoms with E-state index in [-0.39, 0.29) is 12.1 Å². The van der Waals surface area contributed by atoms with Crippen molar-refractivity contribution >= 4 is 23.2 Å². The number of piperazine rings is 1. The first-order valence-electron chi connectivity index (χ1n) is 14.5. The molecule has 0 unspecified atom stereocenters. The third kappa shape index (κ3) is 5.01. The highest BCUT2D eigenvalue weighted by Crippen LogP contribution is 2.38. The first kappa shape index (κ1) is 26.6. The van der Waals surface area contributed by atoms with Gasteiger partial charge in [-0.05, 0) is 50.9 Å². The van der Waals surface area contributed by atoms with Crippen LogP contribution >= 0.6 is 0 Å². The topological polar surface area (TPSA) is 65.0 Å². The summed E-state index contributed by atoms with van der Waals surface area (Å²) in [5.41, 5.74) is 6.43. The van der Waals surface area contributed by atoms with E-state index in [9.17, 15) is 4.79 Å². The third-order valence-corrected chi connectivity index (χ3v) is 8.77. The minimum absolute atomic E-state index is 0.0237. The van der Waals surface area contributed by atoms with Gasteiger partial charge in [-0.15, -0.1) is 0 Å². The molecule has 1 saturated carbocycles. The van der Waals surface area contributed by atoms with Crippen molar-refractivity contribution in [3.63, 3.8) is 0 Å². The second kappa shape index (κ2) is 11.1. The highest BCUT2D eigenvalue weighted by atomic mass is 16.5. The molecule has 0 atom stereocenters. The minimum Gasteiger partial charge on any atom is -0.496 e. The molecule has 3 heterocycles. The van der Waals surface area contributed by atoms with Gasteiger partial charge in [-0.3, -0.25) is 9.80 Å². The Bertz CT molecular complexity index is 1370. The molecule has 2 aromatic carbocycles. The maximum atomic E-state index is 14.1. The van der Waals surface area contributed by atoms with Crippen LogP contribution < -0.4 is 19.4 Å². The van der Waals surface area contributed by atoms with Gasteiger partial charge in [0.25, 0.3) is 0 Å². The number of fused-ring (bicyclic) bond motifs is 1. The Morgan fingerprint density at radius 2 is 1.73 bits per heavy atom. The number of hydrogen-bond donors (Lipinski definition) is 0. The van der Waals surface area contributed by atoms with Gasteiger partial charge < -0.3 is 14.5 Å². The molecule has 1 aliphatic carbocycles. The van der Waals surface area contributed by atoms with Gasteiger partial charge in [-0.1, -0.05) is 37.1 Å². The minimum atomic E-state index is 0.0237. The zero-order chi connectivity index (χ0) is 27.8. The number of ether oxygens (including phenoxy) is 1. The summed E-state index contributed by atoms with van der Waals surface area (Å²) in [4.78, 5) is 32.6. The molecule has 2 aliphatic heterocycles. The van der Waals surface area contributed by atoms with Crippen LogP contribution in [0.5, 0.6) is 5.75 Å². The molecule has 0 radical (unpaired) electrons. The molecule has 2 fully saturated rings. The van der Waals surface area contributed by atoms with E-state index < -0.39 is 0 Å². The lowest BCUT2D eigenvalue weighted by Crippen LogP contribution is -2.52. The molecule has 1 aromatic heterocycles. The summed E-state index contributed by atoms with van der Waals surface area (Å²) in [6.07, 6.45) is 6.77. The van der Waals surface area contributed by atoms with Gasteiger partial charge in [-0.25, -0.2) is 14.8 Å². The van der Waals surface area contributed by atoms with Crippen LogP contribution in [0.4, 0.5) is 22.0 Å². The Morgan fingerprint density at radius 3 is 2.42 bits per heavy atom. The van der Waals surface area contributed by atoms with Crippen LogP contribution in [-0.2, 0) is 13.0 Å². The monoisotopic (exact) mass is 540 g/mol. The Balaban J connectivity index is 1.31. The number of anilines is 3. The van der Waals surface area contributed by atoms with Gasteiger partial charge in [0, 0.05) is 67.7 Å². The number of methoxy groups -OCH3 is 1. The molecule has 0 bridgehead atoms. The van der Waals surface area contributed by atoms with Gasteiger partial charge in [0.1, 0.15) is 17.4 Å². The standard InChI is InChI=1S/C32H40N6O2/c1-22-8-7-9-23(2)30(22)37-21-25-20-33-29(34-31(25)38(32(37)39)26-10-5-6-11-26)18-24-12-13-27(19-28(24)40-4)36-16-14-35(3)15-17-36/h7-9,12-13,19-20,26H,5-6,10-11,14-18,21H2,1-4H3. The molecular formula is C32H40N6O2. The van der Waals surface area contributed by atoms with Crippen LogP contribution in [0.25, 0.3) is 0 Å². The number of amides is 2. The van der Waals surface area contributed by atoms with Crippen molar-refractivity contribution in [2.75, 3.05) is 55.0 Å². The summed E-state index contributed by atoms with van der Waals surface area (Å²) >= 11 is 0. The third-order valence-electron chi connectivity index (χ3n) is 8.77. The van der Waals surface area contributed by atoms with Crippen molar-refractivity contribution in [2.24, 2.45) is 0 Å². The zero-order valence-electron chi connectivity index (χ0n) is 24.2. The van der Waals surface area contributed by atoms with E-state index in [1.807, 2.05) is 22.1 Å². The van der Waals surface area contributed by atoms with E-state index in [1.165, 1.54) is 5.69 Å². The average molecular weight is 541 g/mol. The lowest BCUT2D eigenvalue weighted by Gasteiger charge is -2.40. The van der Waals surface area contributed by atoms with Crippen LogP contribution in [0.3, 0.4) is 0 Å². The van der Waals surface area contributed by atoms with E-state index >= 15 is 0 Å². The highest BCUT2D eigenvalue weighted by molar-refractivity contribution is 6.06. The summed E-state index contributed by atoms with van der Waals surface area (Å²) in [7, 11) is 3.89. The quantitative estimate of drug-likeness (QED) is 0.421. The van der Waals surface area contributed by atoms with Gasteiger partial charge in [0.2, 0.25) is 0 Å². The molecule has 3 aromatic rings. The van der Waals surface area contributed by atoms with Gasteiger partial charge in [0.05, 0.1) is 19.3 Å². The number of benzene rings is 2. The second-order valence-corrected chi connectivity index (χ2v) is 11.5. The van der Waals surface area contributed by atoms with Gasteiger partial charge in [0.15, 0.2) is 0 Å². The Labute approximate surface area is 237 Å². The molecule has 2 amide bonds. The number of likely N-dealkylation sites (N-methyl/N-ethyl adjacent to an activating group) is 1. The summed E-state index contributed by atoms with van der Waals surface area (Å²) in [5, 5.41) is 0. The van der Waals surface area contributed by atoms with E-state index in [1.54, 1.807) is 7.11 Å². The molecule has 8 heteroatoms. The largest absolute Gasteiger partial charge is 0.496 e. The fourth-order valence-corrected chi connectivity index (χ4v) is 6.51. The Morgan fingerprint density at radius 1 is 1.00 bits per heavy atom. The summed E-state index contributed by atoms with van der Waals surface area (Å²) < 4.78 is 5.82. The van der Waals surface area contributed by atoms with E-state index in [0.717, 1.165) is 91.4 Å². The molecule has 0 spiro atoms. The van der Waals surface area contributed by atoms with Crippen molar-refractivity contribution in [1.82, 2.24) is 14.9 Å². The lowest BCUT2D eigenvalue weighted by molar-refractivity contribution is 0.247. The van der Waals surface area contributed by atoms with E-state index in [4.69, 9.17) is 14.7 Å². The van der Waals surface area contributed by atoms with Crippen molar-refractivity contribution in [1.29, 1.82) is 0 Å². The van der Waals surface area contributed by atoms with Crippen LogP contribution in [0, 0.1) is 13.8 Å². The van der Waals surface area contributed by atoms with Crippen LogP contribution in [0.1, 0.15) is 53.8 Å². The van der Waals surface area contributed by atoms with Crippen molar-refractivity contribution in [3.8, 4) is 5.75 Å². The van der Waals surface area contributed by atoms with Crippen LogP contribution in [0.2, 0.25) is 0 Å². The zero-order valence-corrected chi connectivity index (χ0v) is 24.2. The first-order valence-corrected chi connectivity index (χ1v) is 14.5. The SMILES string of the molecule is COc1cc(N2CCN(C)CC2)ccc1Cc1ncc2c(n1)N(C1CCCC1)C(=O)N(c1c(C)cccc1C)C2.